The van der Waals surface area contributed by atoms with Gasteiger partial charge in [-0.25, -0.2) is 0 Å². The Morgan fingerprint density at radius 3 is 2.20 bits per heavy atom. The molecule has 0 aliphatic carbocycles. The van der Waals surface area contributed by atoms with Crippen molar-refractivity contribution in [1.82, 2.24) is 0 Å². The second-order valence-corrected chi connectivity index (χ2v) is 8.26. The molecule has 15 heavy (non-hydrogen) atoms. The summed E-state index contributed by atoms with van der Waals surface area (Å²) < 4.78 is 18.3. The maximum atomic E-state index is 6.14. The van der Waals surface area contributed by atoms with E-state index in [4.69, 9.17) is 13.3 Å². The fourth-order valence-corrected chi connectivity index (χ4v) is 6.60. The Balaban J connectivity index is 2.40. The van der Waals surface area contributed by atoms with Gasteiger partial charge in [-0.1, -0.05) is 6.92 Å². The molecule has 2 saturated heterocycles. The average Bonchev–Trinajstić information content (AvgIpc) is 2.12. The standard InChI is InChI=1S/C11H22O3Si/c1-7-10(4)11(5)8-9(2,3)12-15(6,13-10)14-11/h7-8H2,1-6H3. The predicted molar refractivity (Wildman–Crippen MR) is 60.7 cm³/mol. The van der Waals surface area contributed by atoms with Crippen LogP contribution in [0.2, 0.25) is 6.55 Å². The first-order chi connectivity index (χ1) is 6.64. The number of hydrogen-bond acceptors (Lipinski definition) is 3. The lowest BCUT2D eigenvalue weighted by Gasteiger charge is -2.45. The largest absolute Gasteiger partial charge is 0.499 e. The number of hydrogen-bond donors (Lipinski definition) is 0. The van der Waals surface area contributed by atoms with Crippen molar-refractivity contribution in [3.05, 3.63) is 0 Å². The second-order valence-electron chi connectivity index (χ2n) is 5.92. The van der Waals surface area contributed by atoms with Crippen molar-refractivity contribution in [2.24, 2.45) is 0 Å². The quantitative estimate of drug-likeness (QED) is 0.648. The zero-order valence-electron chi connectivity index (χ0n) is 10.6. The van der Waals surface area contributed by atoms with Crippen LogP contribution in [0, 0.1) is 0 Å². The Kier molecular flexibility index (Phi) is 2.20. The molecule has 0 saturated carbocycles. The minimum atomic E-state index is -2.40. The van der Waals surface area contributed by atoms with Crippen LogP contribution < -0.4 is 0 Å². The summed E-state index contributed by atoms with van der Waals surface area (Å²) in [4.78, 5) is 0. The fourth-order valence-electron chi connectivity index (χ4n) is 3.12. The van der Waals surface area contributed by atoms with Crippen molar-refractivity contribution in [2.45, 2.75) is 70.8 Å². The summed E-state index contributed by atoms with van der Waals surface area (Å²) in [6.07, 6.45) is 1.86. The maximum Gasteiger partial charge on any atom is 0.499 e. The third-order valence-electron chi connectivity index (χ3n) is 3.84. The third-order valence-corrected chi connectivity index (χ3v) is 6.41. The van der Waals surface area contributed by atoms with Crippen molar-refractivity contribution >= 4 is 8.80 Å². The van der Waals surface area contributed by atoms with E-state index in [-0.39, 0.29) is 16.8 Å². The van der Waals surface area contributed by atoms with Crippen LogP contribution in [0.15, 0.2) is 0 Å². The van der Waals surface area contributed by atoms with E-state index in [9.17, 15) is 0 Å². The lowest BCUT2D eigenvalue weighted by molar-refractivity contribution is -0.0970. The van der Waals surface area contributed by atoms with E-state index in [0.29, 0.717) is 0 Å². The fraction of sp³-hybridized carbons (Fsp3) is 1.00. The molecule has 0 amide bonds. The van der Waals surface area contributed by atoms with Gasteiger partial charge in [-0.05, 0) is 34.1 Å². The predicted octanol–water partition coefficient (Wildman–Crippen LogP) is 2.73. The van der Waals surface area contributed by atoms with Gasteiger partial charge < -0.3 is 13.3 Å². The zero-order valence-corrected chi connectivity index (χ0v) is 11.6. The third kappa shape index (κ3) is 1.58. The molecule has 0 aromatic carbocycles. The van der Waals surface area contributed by atoms with Crippen molar-refractivity contribution in [1.29, 1.82) is 0 Å². The van der Waals surface area contributed by atoms with Crippen LogP contribution in [-0.2, 0) is 13.3 Å². The van der Waals surface area contributed by atoms with Gasteiger partial charge >= 0.3 is 8.80 Å². The monoisotopic (exact) mass is 230 g/mol. The van der Waals surface area contributed by atoms with Crippen LogP contribution in [0.5, 0.6) is 0 Å². The first-order valence-electron chi connectivity index (χ1n) is 5.74. The molecule has 88 valence electrons. The summed E-state index contributed by atoms with van der Waals surface area (Å²) in [7, 11) is -2.40. The van der Waals surface area contributed by atoms with Gasteiger partial charge in [0.1, 0.15) is 0 Å². The first kappa shape index (κ1) is 11.6. The van der Waals surface area contributed by atoms with E-state index in [2.05, 4.69) is 34.6 Å². The molecule has 4 heteroatoms. The van der Waals surface area contributed by atoms with Gasteiger partial charge in [-0.15, -0.1) is 0 Å². The highest BCUT2D eigenvalue weighted by Crippen LogP contribution is 2.53. The summed E-state index contributed by atoms with van der Waals surface area (Å²) in [5, 5.41) is 0. The van der Waals surface area contributed by atoms with Crippen molar-refractivity contribution in [2.75, 3.05) is 0 Å². The molecule has 2 aliphatic heterocycles. The molecular formula is C11H22O3Si. The van der Waals surface area contributed by atoms with Gasteiger partial charge in [0.05, 0.1) is 16.8 Å². The Labute approximate surface area is 93.5 Å². The molecule has 2 rings (SSSR count). The number of rotatable bonds is 1. The van der Waals surface area contributed by atoms with Crippen molar-refractivity contribution in [3.63, 3.8) is 0 Å². The molecule has 0 N–H and O–H groups in total. The summed E-state index contributed by atoms with van der Waals surface area (Å²) >= 11 is 0. The smallest absolute Gasteiger partial charge is 0.368 e. The highest BCUT2D eigenvalue weighted by atomic mass is 28.4. The van der Waals surface area contributed by atoms with Crippen molar-refractivity contribution in [3.8, 4) is 0 Å². The minimum Gasteiger partial charge on any atom is -0.368 e. The second kappa shape index (κ2) is 2.86. The molecule has 2 bridgehead atoms. The van der Waals surface area contributed by atoms with Crippen molar-refractivity contribution < 1.29 is 13.3 Å². The molecule has 3 atom stereocenters. The van der Waals surface area contributed by atoms with Gasteiger partial charge in [0, 0.05) is 13.0 Å². The SMILES string of the molecule is CCC1(C)O[Si]2(C)OC(C)(C)CC1(C)O2. The van der Waals surface area contributed by atoms with E-state index in [0.717, 1.165) is 12.8 Å². The molecule has 2 fully saturated rings. The Bertz CT molecular complexity index is 294. The molecule has 0 aromatic rings. The lowest BCUT2D eigenvalue weighted by Crippen LogP contribution is -2.56. The highest BCUT2D eigenvalue weighted by Gasteiger charge is 2.68. The molecule has 3 unspecified atom stereocenters. The topological polar surface area (TPSA) is 27.7 Å². The molecule has 2 aliphatic rings. The molecule has 0 radical (unpaired) electrons. The van der Waals surface area contributed by atoms with Crippen LogP contribution in [-0.4, -0.2) is 25.6 Å². The molecular weight excluding hydrogens is 208 g/mol. The summed E-state index contributed by atoms with van der Waals surface area (Å²) in [5.74, 6) is 0. The van der Waals surface area contributed by atoms with E-state index in [1.54, 1.807) is 0 Å². The van der Waals surface area contributed by atoms with Gasteiger partial charge in [0.25, 0.3) is 0 Å². The number of fused-ring (bicyclic) bond motifs is 2. The Hall–Kier alpha value is 0.0969. The Morgan fingerprint density at radius 1 is 1.07 bits per heavy atom. The summed E-state index contributed by atoms with van der Waals surface area (Å²) in [6.45, 7) is 12.7. The van der Waals surface area contributed by atoms with Crippen LogP contribution in [0.1, 0.15) is 47.5 Å². The van der Waals surface area contributed by atoms with Crippen LogP contribution in [0.4, 0.5) is 0 Å². The summed E-state index contributed by atoms with van der Waals surface area (Å²) in [5.41, 5.74) is -0.507. The average molecular weight is 230 g/mol. The van der Waals surface area contributed by atoms with Crippen LogP contribution >= 0.6 is 0 Å². The highest BCUT2D eigenvalue weighted by molar-refractivity contribution is 6.60. The lowest BCUT2D eigenvalue weighted by atomic mass is 9.77. The molecule has 3 nitrogen and oxygen atoms in total. The van der Waals surface area contributed by atoms with E-state index in [1.807, 2.05) is 6.55 Å². The van der Waals surface area contributed by atoms with E-state index in [1.165, 1.54) is 0 Å². The van der Waals surface area contributed by atoms with E-state index < -0.39 is 8.80 Å². The maximum absolute atomic E-state index is 6.14. The first-order valence-corrected chi connectivity index (χ1v) is 7.97. The summed E-state index contributed by atoms with van der Waals surface area (Å²) in [6, 6.07) is 0. The van der Waals surface area contributed by atoms with Crippen LogP contribution in [0.25, 0.3) is 0 Å². The van der Waals surface area contributed by atoms with Gasteiger partial charge in [0.2, 0.25) is 0 Å². The minimum absolute atomic E-state index is 0.124. The van der Waals surface area contributed by atoms with Crippen LogP contribution in [0.3, 0.4) is 0 Å². The van der Waals surface area contributed by atoms with E-state index >= 15 is 0 Å². The molecule has 2 heterocycles. The van der Waals surface area contributed by atoms with Gasteiger partial charge in [-0.2, -0.15) is 0 Å². The normalized spacial score (nSPS) is 53.2. The molecule has 0 spiro atoms. The zero-order chi connectivity index (χ0) is 11.5. The van der Waals surface area contributed by atoms with Gasteiger partial charge in [0.15, 0.2) is 0 Å². The molecule has 0 aromatic heterocycles. The Morgan fingerprint density at radius 2 is 1.67 bits per heavy atom. The van der Waals surface area contributed by atoms with Gasteiger partial charge in [-0.3, -0.25) is 0 Å².